The highest BCUT2D eigenvalue weighted by molar-refractivity contribution is 7.89. The average molecular weight is 437 g/mol. The molecule has 0 atom stereocenters. The number of sulfonamides is 1. The first-order valence-corrected chi connectivity index (χ1v) is 11.0. The van der Waals surface area contributed by atoms with Gasteiger partial charge in [-0.1, -0.05) is 48.5 Å². The van der Waals surface area contributed by atoms with Crippen LogP contribution in [0.1, 0.15) is 5.56 Å². The van der Waals surface area contributed by atoms with Gasteiger partial charge in [-0.2, -0.15) is 0 Å². The van der Waals surface area contributed by atoms with E-state index < -0.39 is 15.9 Å². The van der Waals surface area contributed by atoms with Gasteiger partial charge in [-0.25, -0.2) is 12.7 Å². The number of carbonyl (C=O) groups is 1. The zero-order chi connectivity index (χ0) is 22.4. The fourth-order valence-corrected chi connectivity index (χ4v) is 3.88. The third-order valence-electron chi connectivity index (χ3n) is 4.63. The number of methoxy groups -OCH3 is 1. The SMILES string of the molecule is COc1ccc(S(=O)(=O)N(C)C)cc1NC(=O)/C=C/c1cccc(-c2ccccc2)c1. The molecular weight excluding hydrogens is 412 g/mol. The molecular formula is C24H24N2O4S. The van der Waals surface area contributed by atoms with Gasteiger partial charge in [0, 0.05) is 20.2 Å². The smallest absolute Gasteiger partial charge is 0.248 e. The summed E-state index contributed by atoms with van der Waals surface area (Å²) in [6.07, 6.45) is 3.10. The van der Waals surface area contributed by atoms with Gasteiger partial charge < -0.3 is 10.1 Å². The second-order valence-corrected chi connectivity index (χ2v) is 9.12. The third kappa shape index (κ3) is 5.39. The summed E-state index contributed by atoms with van der Waals surface area (Å²) in [6.45, 7) is 0. The molecule has 0 radical (unpaired) electrons. The molecule has 0 aliphatic carbocycles. The van der Waals surface area contributed by atoms with E-state index in [4.69, 9.17) is 4.74 Å². The van der Waals surface area contributed by atoms with Gasteiger partial charge in [0.15, 0.2) is 0 Å². The lowest BCUT2D eigenvalue weighted by atomic mass is 10.0. The zero-order valence-electron chi connectivity index (χ0n) is 17.6. The van der Waals surface area contributed by atoms with Gasteiger partial charge >= 0.3 is 0 Å². The van der Waals surface area contributed by atoms with Crippen LogP contribution in [0.5, 0.6) is 5.75 Å². The van der Waals surface area contributed by atoms with Gasteiger partial charge in [0.1, 0.15) is 5.75 Å². The van der Waals surface area contributed by atoms with Crippen LogP contribution < -0.4 is 10.1 Å². The molecule has 0 saturated carbocycles. The number of benzene rings is 3. The minimum absolute atomic E-state index is 0.0631. The molecule has 0 aliphatic rings. The monoisotopic (exact) mass is 436 g/mol. The quantitative estimate of drug-likeness (QED) is 0.562. The molecule has 1 amide bonds. The second-order valence-electron chi connectivity index (χ2n) is 6.96. The summed E-state index contributed by atoms with van der Waals surface area (Å²) in [4.78, 5) is 12.6. The maximum absolute atomic E-state index is 12.5. The Labute approximate surface area is 182 Å². The minimum atomic E-state index is -3.64. The number of nitrogens with one attached hydrogen (secondary N) is 1. The lowest BCUT2D eigenvalue weighted by molar-refractivity contribution is -0.111. The van der Waals surface area contributed by atoms with Crippen LogP contribution in [0.3, 0.4) is 0 Å². The molecule has 31 heavy (non-hydrogen) atoms. The predicted molar refractivity (Wildman–Crippen MR) is 123 cm³/mol. The fraction of sp³-hybridized carbons (Fsp3) is 0.125. The molecule has 3 rings (SSSR count). The van der Waals surface area contributed by atoms with Crippen LogP contribution in [0, 0.1) is 0 Å². The number of carbonyl (C=O) groups excluding carboxylic acids is 1. The Morgan fingerprint density at radius 1 is 0.935 bits per heavy atom. The number of amides is 1. The lowest BCUT2D eigenvalue weighted by Gasteiger charge is -2.14. The van der Waals surface area contributed by atoms with Crippen molar-refractivity contribution in [3.8, 4) is 16.9 Å². The van der Waals surface area contributed by atoms with Crippen molar-refractivity contribution < 1.29 is 17.9 Å². The van der Waals surface area contributed by atoms with Crippen LogP contribution in [-0.2, 0) is 14.8 Å². The summed E-state index contributed by atoms with van der Waals surface area (Å²) < 4.78 is 31.1. The van der Waals surface area contributed by atoms with Crippen molar-refractivity contribution >= 4 is 27.7 Å². The lowest BCUT2D eigenvalue weighted by Crippen LogP contribution is -2.22. The van der Waals surface area contributed by atoms with E-state index in [1.54, 1.807) is 6.08 Å². The first-order valence-electron chi connectivity index (χ1n) is 9.56. The Bertz CT molecular complexity index is 1200. The number of nitrogens with zero attached hydrogens (tertiary/aromatic N) is 1. The van der Waals surface area contributed by atoms with Crippen LogP contribution in [0.15, 0.2) is 83.8 Å². The first kappa shape index (κ1) is 22.3. The Morgan fingerprint density at radius 3 is 2.32 bits per heavy atom. The van der Waals surface area contributed by atoms with Gasteiger partial charge in [-0.15, -0.1) is 0 Å². The number of hydrogen-bond acceptors (Lipinski definition) is 4. The summed E-state index contributed by atoms with van der Waals surface area (Å²) in [5.41, 5.74) is 3.28. The second kappa shape index (κ2) is 9.59. The average Bonchev–Trinajstić information content (AvgIpc) is 2.78. The summed E-state index contributed by atoms with van der Waals surface area (Å²) in [7, 11) is 0.713. The van der Waals surface area contributed by atoms with Crippen molar-refractivity contribution in [2.75, 3.05) is 26.5 Å². The molecule has 6 nitrogen and oxygen atoms in total. The standard InChI is InChI=1S/C24H24N2O4S/c1-26(2)31(28,29)21-13-14-23(30-3)22(17-21)25-24(27)15-12-18-8-7-11-20(16-18)19-9-5-4-6-10-19/h4-17H,1-3H3,(H,25,27)/b15-12+. The third-order valence-corrected chi connectivity index (χ3v) is 6.44. The van der Waals surface area contributed by atoms with Crippen LogP contribution in [0.4, 0.5) is 5.69 Å². The summed E-state index contributed by atoms with van der Waals surface area (Å²) in [6, 6.07) is 22.1. The van der Waals surface area contributed by atoms with Crippen LogP contribution >= 0.6 is 0 Å². The maximum Gasteiger partial charge on any atom is 0.248 e. The Balaban J connectivity index is 1.80. The Hall–Kier alpha value is -3.42. The van der Waals surface area contributed by atoms with Crippen molar-refractivity contribution in [3.05, 3.63) is 84.4 Å². The van der Waals surface area contributed by atoms with E-state index in [9.17, 15) is 13.2 Å². The van der Waals surface area contributed by atoms with E-state index in [2.05, 4.69) is 5.32 Å². The van der Waals surface area contributed by atoms with Crippen molar-refractivity contribution in [2.45, 2.75) is 4.90 Å². The van der Waals surface area contributed by atoms with E-state index in [0.717, 1.165) is 21.0 Å². The highest BCUT2D eigenvalue weighted by Crippen LogP contribution is 2.28. The highest BCUT2D eigenvalue weighted by atomic mass is 32.2. The first-order chi connectivity index (χ1) is 14.8. The van der Waals surface area contributed by atoms with Gasteiger partial charge in [-0.05, 0) is 47.0 Å². The molecule has 7 heteroatoms. The predicted octanol–water partition coefficient (Wildman–Crippen LogP) is 4.26. The minimum Gasteiger partial charge on any atom is -0.495 e. The molecule has 0 unspecified atom stereocenters. The highest BCUT2D eigenvalue weighted by Gasteiger charge is 2.19. The van der Waals surface area contributed by atoms with Gasteiger partial charge in [-0.3, -0.25) is 4.79 Å². The number of hydrogen-bond donors (Lipinski definition) is 1. The molecule has 1 N–H and O–H groups in total. The van der Waals surface area contributed by atoms with E-state index in [0.29, 0.717) is 5.75 Å². The van der Waals surface area contributed by atoms with Gasteiger partial charge in [0.05, 0.1) is 17.7 Å². The summed E-state index contributed by atoms with van der Waals surface area (Å²) >= 11 is 0. The topological polar surface area (TPSA) is 75.7 Å². The summed E-state index contributed by atoms with van der Waals surface area (Å²) in [5.74, 6) is -0.0339. The molecule has 0 bridgehead atoms. The Morgan fingerprint density at radius 2 is 1.65 bits per heavy atom. The fourth-order valence-electron chi connectivity index (χ4n) is 2.95. The van der Waals surface area contributed by atoms with Crippen LogP contribution in [0.2, 0.25) is 0 Å². The van der Waals surface area contributed by atoms with Crippen LogP contribution in [0.25, 0.3) is 17.2 Å². The van der Waals surface area contributed by atoms with E-state index >= 15 is 0 Å². The molecule has 0 saturated heterocycles. The number of ether oxygens (including phenoxy) is 1. The number of rotatable bonds is 7. The van der Waals surface area contributed by atoms with Crippen molar-refractivity contribution in [3.63, 3.8) is 0 Å². The molecule has 0 spiro atoms. The maximum atomic E-state index is 12.5. The van der Waals surface area contributed by atoms with Gasteiger partial charge in [0.25, 0.3) is 0 Å². The largest absolute Gasteiger partial charge is 0.495 e. The van der Waals surface area contributed by atoms with Crippen LogP contribution in [-0.4, -0.2) is 39.8 Å². The van der Waals surface area contributed by atoms with E-state index in [1.165, 1.54) is 45.5 Å². The molecule has 0 heterocycles. The molecule has 160 valence electrons. The molecule has 0 aromatic heterocycles. The van der Waals surface area contributed by atoms with Crippen molar-refractivity contribution in [2.24, 2.45) is 0 Å². The van der Waals surface area contributed by atoms with E-state index in [-0.39, 0.29) is 10.6 Å². The van der Waals surface area contributed by atoms with E-state index in [1.807, 2.05) is 54.6 Å². The van der Waals surface area contributed by atoms with Crippen molar-refractivity contribution in [1.82, 2.24) is 4.31 Å². The Kier molecular flexibility index (Phi) is 6.89. The molecule has 3 aromatic carbocycles. The normalized spacial score (nSPS) is 11.6. The van der Waals surface area contributed by atoms with Crippen molar-refractivity contribution in [1.29, 1.82) is 0 Å². The zero-order valence-corrected chi connectivity index (χ0v) is 18.4. The molecule has 0 aliphatic heterocycles. The molecule has 0 fully saturated rings. The molecule has 3 aromatic rings. The summed E-state index contributed by atoms with van der Waals surface area (Å²) in [5, 5.41) is 2.70. The van der Waals surface area contributed by atoms with Gasteiger partial charge in [0.2, 0.25) is 15.9 Å². The number of anilines is 1.